The van der Waals surface area contributed by atoms with E-state index in [1.165, 1.54) is 0 Å². The molecule has 2 atom stereocenters. The molecule has 2 amide bonds. The van der Waals surface area contributed by atoms with Gasteiger partial charge in [-0.05, 0) is 25.7 Å². The molecule has 2 unspecified atom stereocenters. The topological polar surface area (TPSA) is 79.5 Å². The van der Waals surface area contributed by atoms with Gasteiger partial charge in [-0.3, -0.25) is 9.59 Å². The van der Waals surface area contributed by atoms with Gasteiger partial charge >= 0.3 is 0 Å². The van der Waals surface area contributed by atoms with Crippen LogP contribution in [0.25, 0.3) is 0 Å². The molecule has 7 heteroatoms. The lowest BCUT2D eigenvalue weighted by atomic mass is 9.95. The fourth-order valence-electron chi connectivity index (χ4n) is 3.86. The van der Waals surface area contributed by atoms with Gasteiger partial charge in [-0.25, -0.2) is 0 Å². The average molecular weight is 332 g/mol. The van der Waals surface area contributed by atoms with Gasteiger partial charge in [0.1, 0.15) is 0 Å². The molecule has 0 radical (unpaired) electrons. The first kappa shape index (κ1) is 15.6. The lowest BCUT2D eigenvalue weighted by Crippen LogP contribution is -2.43. The third-order valence-corrected chi connectivity index (χ3v) is 5.38. The van der Waals surface area contributed by atoms with Crippen LogP contribution in [0.15, 0.2) is 4.52 Å². The minimum atomic E-state index is -0.173. The van der Waals surface area contributed by atoms with E-state index in [0.29, 0.717) is 37.3 Å². The Bertz CT molecular complexity index is 640. The van der Waals surface area contributed by atoms with E-state index >= 15 is 0 Å². The second-order valence-corrected chi connectivity index (χ2v) is 7.20. The summed E-state index contributed by atoms with van der Waals surface area (Å²) in [4.78, 5) is 33.2. The van der Waals surface area contributed by atoms with Gasteiger partial charge in [0, 0.05) is 44.4 Å². The van der Waals surface area contributed by atoms with Crippen LogP contribution in [-0.4, -0.2) is 57.4 Å². The Balaban J connectivity index is 1.40. The van der Waals surface area contributed by atoms with E-state index in [1.807, 2.05) is 16.7 Å². The van der Waals surface area contributed by atoms with Crippen molar-refractivity contribution in [3.63, 3.8) is 0 Å². The molecule has 3 aliphatic rings. The minimum Gasteiger partial charge on any atom is -0.342 e. The first-order valence-electron chi connectivity index (χ1n) is 9.06. The van der Waals surface area contributed by atoms with Gasteiger partial charge in [0.15, 0.2) is 5.82 Å². The third kappa shape index (κ3) is 2.91. The first-order valence-corrected chi connectivity index (χ1v) is 9.06. The van der Waals surface area contributed by atoms with Crippen molar-refractivity contribution in [2.24, 2.45) is 5.92 Å². The van der Waals surface area contributed by atoms with E-state index in [-0.39, 0.29) is 23.7 Å². The van der Waals surface area contributed by atoms with Crippen molar-refractivity contribution in [1.82, 2.24) is 19.9 Å². The molecule has 1 aliphatic carbocycles. The van der Waals surface area contributed by atoms with Crippen molar-refractivity contribution < 1.29 is 14.1 Å². The second-order valence-electron chi connectivity index (χ2n) is 7.20. The number of amides is 2. The largest absolute Gasteiger partial charge is 0.342 e. The zero-order chi connectivity index (χ0) is 16.7. The first-order chi connectivity index (χ1) is 11.7. The van der Waals surface area contributed by atoms with Crippen LogP contribution in [0, 0.1) is 5.92 Å². The van der Waals surface area contributed by atoms with Gasteiger partial charge < -0.3 is 14.3 Å². The number of piperidine rings is 1. The maximum Gasteiger partial charge on any atom is 0.228 e. The number of carbonyl (C=O) groups excluding carboxylic acids is 2. The molecule has 2 aliphatic heterocycles. The number of nitrogens with zero attached hydrogens (tertiary/aromatic N) is 4. The van der Waals surface area contributed by atoms with Crippen LogP contribution in [-0.2, 0) is 16.0 Å². The summed E-state index contributed by atoms with van der Waals surface area (Å²) in [6.45, 7) is 3.99. The number of aromatic nitrogens is 2. The Morgan fingerprint density at radius 1 is 1.29 bits per heavy atom. The summed E-state index contributed by atoms with van der Waals surface area (Å²) in [5.41, 5.74) is 0. The summed E-state index contributed by atoms with van der Waals surface area (Å²) >= 11 is 0. The molecular weight excluding hydrogens is 308 g/mol. The van der Waals surface area contributed by atoms with E-state index in [1.54, 1.807) is 0 Å². The Hall–Kier alpha value is -1.92. The van der Waals surface area contributed by atoms with Crippen molar-refractivity contribution in [3.8, 4) is 0 Å². The normalized spacial score (nSPS) is 27.8. The molecule has 1 saturated carbocycles. The summed E-state index contributed by atoms with van der Waals surface area (Å²) < 4.78 is 5.21. The van der Waals surface area contributed by atoms with Crippen LogP contribution in [0.2, 0.25) is 0 Å². The van der Waals surface area contributed by atoms with Gasteiger partial charge in [0.2, 0.25) is 17.7 Å². The summed E-state index contributed by atoms with van der Waals surface area (Å²) in [5.74, 6) is 1.60. The summed E-state index contributed by atoms with van der Waals surface area (Å²) in [6, 6.07) is 0.399. The highest BCUT2D eigenvalue weighted by atomic mass is 16.5. The fourth-order valence-corrected chi connectivity index (χ4v) is 3.86. The Labute approximate surface area is 141 Å². The Morgan fingerprint density at radius 2 is 2.12 bits per heavy atom. The molecule has 130 valence electrons. The Morgan fingerprint density at radius 3 is 2.83 bits per heavy atom. The molecule has 3 heterocycles. The monoisotopic (exact) mass is 332 g/mol. The molecule has 0 spiro atoms. The van der Waals surface area contributed by atoms with Gasteiger partial charge in [-0.1, -0.05) is 12.1 Å². The maximum atomic E-state index is 12.9. The number of aryl methyl sites for hydroxylation is 1. The standard InChI is InChI=1S/C17H24N4O3/c1-2-14-18-16(19-24-14)11-4-3-7-20(9-11)17(23)12-8-15(22)21(10-12)13-5-6-13/h11-13H,2-10H2,1H3. The Kier molecular flexibility index (Phi) is 4.02. The molecule has 24 heavy (non-hydrogen) atoms. The molecule has 7 nitrogen and oxygen atoms in total. The highest BCUT2D eigenvalue weighted by molar-refractivity contribution is 5.89. The van der Waals surface area contributed by atoms with E-state index in [2.05, 4.69) is 10.1 Å². The molecule has 1 aromatic heterocycles. The van der Waals surface area contributed by atoms with Gasteiger partial charge in [-0.2, -0.15) is 4.98 Å². The van der Waals surface area contributed by atoms with Gasteiger partial charge in [0.05, 0.1) is 5.92 Å². The van der Waals surface area contributed by atoms with Crippen LogP contribution < -0.4 is 0 Å². The lowest BCUT2D eigenvalue weighted by molar-refractivity contribution is -0.137. The van der Waals surface area contributed by atoms with E-state index in [0.717, 1.165) is 38.6 Å². The van der Waals surface area contributed by atoms with Crippen molar-refractivity contribution in [2.75, 3.05) is 19.6 Å². The van der Waals surface area contributed by atoms with Crippen LogP contribution >= 0.6 is 0 Å². The minimum absolute atomic E-state index is 0.121. The van der Waals surface area contributed by atoms with Crippen molar-refractivity contribution in [3.05, 3.63) is 11.7 Å². The summed E-state index contributed by atoms with van der Waals surface area (Å²) in [6.07, 6.45) is 5.21. The number of hydrogen-bond donors (Lipinski definition) is 0. The van der Waals surface area contributed by atoms with Gasteiger partial charge in [-0.15, -0.1) is 0 Å². The molecule has 0 bridgehead atoms. The quantitative estimate of drug-likeness (QED) is 0.831. The third-order valence-electron chi connectivity index (χ3n) is 5.38. The smallest absolute Gasteiger partial charge is 0.228 e. The number of likely N-dealkylation sites (tertiary alicyclic amines) is 2. The molecule has 4 rings (SSSR count). The van der Waals surface area contributed by atoms with Gasteiger partial charge in [0.25, 0.3) is 0 Å². The van der Waals surface area contributed by atoms with E-state index in [4.69, 9.17) is 4.52 Å². The highest BCUT2D eigenvalue weighted by Crippen LogP contribution is 2.34. The molecule has 1 aromatic rings. The number of rotatable bonds is 4. The molecule has 3 fully saturated rings. The second kappa shape index (κ2) is 6.18. The average Bonchev–Trinajstić information content (AvgIpc) is 3.19. The molecule has 0 N–H and O–H groups in total. The maximum absolute atomic E-state index is 12.9. The predicted molar refractivity (Wildman–Crippen MR) is 85.1 cm³/mol. The van der Waals surface area contributed by atoms with Crippen molar-refractivity contribution in [2.45, 2.75) is 57.4 Å². The van der Waals surface area contributed by atoms with Crippen molar-refractivity contribution in [1.29, 1.82) is 0 Å². The predicted octanol–water partition coefficient (Wildman–Crippen LogP) is 1.35. The van der Waals surface area contributed by atoms with Crippen molar-refractivity contribution >= 4 is 11.8 Å². The summed E-state index contributed by atoms with van der Waals surface area (Å²) in [5, 5.41) is 4.07. The van der Waals surface area contributed by atoms with E-state index < -0.39 is 0 Å². The molecule has 0 aromatic carbocycles. The van der Waals surface area contributed by atoms with Crippen LogP contribution in [0.3, 0.4) is 0 Å². The summed E-state index contributed by atoms with van der Waals surface area (Å²) in [7, 11) is 0. The highest BCUT2D eigenvalue weighted by Gasteiger charge is 2.43. The van der Waals surface area contributed by atoms with Crippen LogP contribution in [0.1, 0.15) is 56.7 Å². The molecular formula is C17H24N4O3. The lowest BCUT2D eigenvalue weighted by Gasteiger charge is -2.33. The molecule has 2 saturated heterocycles. The van der Waals surface area contributed by atoms with E-state index in [9.17, 15) is 9.59 Å². The number of carbonyl (C=O) groups is 2. The SMILES string of the molecule is CCc1nc(C2CCCN(C(=O)C3CC(=O)N(C4CC4)C3)C2)no1. The van der Waals surface area contributed by atoms with Crippen LogP contribution in [0.5, 0.6) is 0 Å². The fraction of sp³-hybridized carbons (Fsp3) is 0.765. The zero-order valence-electron chi connectivity index (χ0n) is 14.1. The van der Waals surface area contributed by atoms with Crippen LogP contribution in [0.4, 0.5) is 0 Å². The zero-order valence-corrected chi connectivity index (χ0v) is 14.1. The number of hydrogen-bond acceptors (Lipinski definition) is 5.